The Labute approximate surface area is 135 Å². The topological polar surface area (TPSA) is 50.4 Å². The molecule has 0 radical (unpaired) electrons. The Morgan fingerprint density at radius 1 is 1.04 bits per heavy atom. The summed E-state index contributed by atoms with van der Waals surface area (Å²) in [7, 11) is 1.65. The lowest BCUT2D eigenvalue weighted by Crippen LogP contribution is -2.36. The molecule has 0 spiro atoms. The number of nitrogens with one attached hydrogen (secondary N) is 2. The van der Waals surface area contributed by atoms with Crippen LogP contribution in [0.1, 0.15) is 16.7 Å². The fourth-order valence-electron chi connectivity index (χ4n) is 2.25. The van der Waals surface area contributed by atoms with E-state index in [2.05, 4.69) is 10.6 Å². The Morgan fingerprint density at radius 2 is 1.78 bits per heavy atom. The Hall–Kier alpha value is -2.40. The maximum Gasteiger partial charge on any atom is 0.315 e. The van der Waals surface area contributed by atoms with Crippen LogP contribution >= 0.6 is 0 Å². The molecule has 0 heterocycles. The van der Waals surface area contributed by atoms with Crippen LogP contribution in [-0.2, 0) is 24.3 Å². The molecule has 0 aliphatic carbocycles. The summed E-state index contributed by atoms with van der Waals surface area (Å²) in [6, 6.07) is 14.0. The first-order valence-electron chi connectivity index (χ1n) is 7.50. The zero-order valence-electron chi connectivity index (χ0n) is 13.1. The Kier molecular flexibility index (Phi) is 6.56. The third kappa shape index (κ3) is 6.08. The van der Waals surface area contributed by atoms with Gasteiger partial charge in [-0.05, 0) is 35.2 Å². The van der Waals surface area contributed by atoms with Gasteiger partial charge in [-0.15, -0.1) is 0 Å². The molecular weight excluding hydrogens is 295 g/mol. The third-order valence-electron chi connectivity index (χ3n) is 3.34. The fourth-order valence-corrected chi connectivity index (χ4v) is 2.25. The molecule has 0 aliphatic heterocycles. The number of hydrogen-bond acceptors (Lipinski definition) is 2. The van der Waals surface area contributed by atoms with Crippen LogP contribution in [0.5, 0.6) is 0 Å². The van der Waals surface area contributed by atoms with Crippen molar-refractivity contribution in [1.82, 2.24) is 10.6 Å². The molecule has 2 amide bonds. The zero-order chi connectivity index (χ0) is 16.5. The lowest BCUT2D eigenvalue weighted by atomic mass is 10.1. The summed E-state index contributed by atoms with van der Waals surface area (Å²) in [5.74, 6) is -0.261. The Morgan fingerprint density at radius 3 is 2.57 bits per heavy atom. The van der Waals surface area contributed by atoms with Crippen LogP contribution in [0.2, 0.25) is 0 Å². The largest absolute Gasteiger partial charge is 0.380 e. The van der Waals surface area contributed by atoms with Crippen LogP contribution in [0.15, 0.2) is 48.5 Å². The van der Waals surface area contributed by atoms with Crippen molar-refractivity contribution in [3.8, 4) is 0 Å². The summed E-state index contributed by atoms with van der Waals surface area (Å²) < 4.78 is 18.1. The van der Waals surface area contributed by atoms with Crippen LogP contribution in [0.4, 0.5) is 9.18 Å². The van der Waals surface area contributed by atoms with Gasteiger partial charge in [0, 0.05) is 20.2 Å². The smallest absolute Gasteiger partial charge is 0.315 e. The average molecular weight is 316 g/mol. The highest BCUT2D eigenvalue weighted by atomic mass is 19.1. The number of ether oxygens (including phenoxy) is 1. The van der Waals surface area contributed by atoms with Gasteiger partial charge in [0.1, 0.15) is 5.82 Å². The summed E-state index contributed by atoms with van der Waals surface area (Å²) in [5.41, 5.74) is 2.94. The van der Waals surface area contributed by atoms with Crippen molar-refractivity contribution in [3.05, 3.63) is 71.0 Å². The second-order valence-corrected chi connectivity index (χ2v) is 5.24. The van der Waals surface area contributed by atoms with Crippen molar-refractivity contribution < 1.29 is 13.9 Å². The molecule has 0 bridgehead atoms. The summed E-state index contributed by atoms with van der Waals surface area (Å²) in [6.45, 7) is 1.45. The standard InChI is InChI=1S/C18H21FN2O2/c1-23-13-16-6-2-5-15(10-16)12-21-18(22)20-9-8-14-4-3-7-17(19)11-14/h2-7,10-11H,8-9,12-13H2,1H3,(H2,20,21,22). The molecule has 2 rings (SSSR count). The van der Waals surface area contributed by atoms with Gasteiger partial charge in [-0.25, -0.2) is 9.18 Å². The molecule has 122 valence electrons. The summed E-state index contributed by atoms with van der Waals surface area (Å²) >= 11 is 0. The molecule has 4 nitrogen and oxygen atoms in total. The quantitative estimate of drug-likeness (QED) is 0.825. The van der Waals surface area contributed by atoms with E-state index in [-0.39, 0.29) is 11.8 Å². The lowest BCUT2D eigenvalue weighted by molar-refractivity contribution is 0.185. The third-order valence-corrected chi connectivity index (χ3v) is 3.34. The molecule has 0 fully saturated rings. The molecule has 2 aromatic rings. The molecule has 0 aliphatic rings. The highest BCUT2D eigenvalue weighted by Crippen LogP contribution is 2.06. The van der Waals surface area contributed by atoms with E-state index in [0.717, 1.165) is 16.7 Å². The van der Waals surface area contributed by atoms with Gasteiger partial charge in [0.05, 0.1) is 6.61 Å². The van der Waals surface area contributed by atoms with E-state index < -0.39 is 0 Å². The van der Waals surface area contributed by atoms with Gasteiger partial charge in [0.2, 0.25) is 0 Å². The van der Waals surface area contributed by atoms with Gasteiger partial charge in [-0.3, -0.25) is 0 Å². The number of carbonyl (C=O) groups is 1. The van der Waals surface area contributed by atoms with Gasteiger partial charge in [-0.1, -0.05) is 36.4 Å². The fraction of sp³-hybridized carbons (Fsp3) is 0.278. The Balaban J connectivity index is 1.71. The first kappa shape index (κ1) is 17.0. The van der Waals surface area contributed by atoms with Gasteiger partial charge in [0.25, 0.3) is 0 Å². The highest BCUT2D eigenvalue weighted by Gasteiger charge is 2.02. The van der Waals surface area contributed by atoms with Crippen molar-refractivity contribution in [2.24, 2.45) is 0 Å². The summed E-state index contributed by atoms with van der Waals surface area (Å²) in [4.78, 5) is 11.8. The van der Waals surface area contributed by atoms with E-state index >= 15 is 0 Å². The molecule has 0 saturated heterocycles. The molecule has 0 unspecified atom stereocenters. The first-order chi connectivity index (χ1) is 11.2. The number of halogens is 1. The molecule has 0 aromatic heterocycles. The van der Waals surface area contributed by atoms with Gasteiger partial charge in [0.15, 0.2) is 0 Å². The molecule has 5 heteroatoms. The van der Waals surface area contributed by atoms with Crippen LogP contribution in [0, 0.1) is 5.82 Å². The van der Waals surface area contributed by atoms with Crippen molar-refractivity contribution in [2.75, 3.05) is 13.7 Å². The number of methoxy groups -OCH3 is 1. The van der Waals surface area contributed by atoms with E-state index in [0.29, 0.717) is 26.1 Å². The van der Waals surface area contributed by atoms with Gasteiger partial charge in [-0.2, -0.15) is 0 Å². The Bertz CT molecular complexity index is 646. The van der Waals surface area contributed by atoms with Crippen molar-refractivity contribution in [3.63, 3.8) is 0 Å². The monoisotopic (exact) mass is 316 g/mol. The van der Waals surface area contributed by atoms with E-state index in [4.69, 9.17) is 4.74 Å². The minimum absolute atomic E-state index is 0.237. The second-order valence-electron chi connectivity index (χ2n) is 5.24. The van der Waals surface area contributed by atoms with Crippen LogP contribution in [0.3, 0.4) is 0 Å². The molecular formula is C18H21FN2O2. The van der Waals surface area contributed by atoms with E-state index in [9.17, 15) is 9.18 Å². The predicted octanol–water partition coefficient (Wildman–Crippen LogP) is 3.01. The normalized spacial score (nSPS) is 10.3. The van der Waals surface area contributed by atoms with Crippen molar-refractivity contribution in [1.29, 1.82) is 0 Å². The molecule has 2 N–H and O–H groups in total. The minimum atomic E-state index is -0.261. The van der Waals surface area contributed by atoms with Gasteiger partial charge < -0.3 is 15.4 Å². The summed E-state index contributed by atoms with van der Waals surface area (Å²) in [6.07, 6.45) is 0.592. The number of benzene rings is 2. The number of carbonyl (C=O) groups excluding carboxylic acids is 1. The van der Waals surface area contributed by atoms with Crippen molar-refractivity contribution >= 4 is 6.03 Å². The van der Waals surface area contributed by atoms with Gasteiger partial charge >= 0.3 is 6.03 Å². The van der Waals surface area contributed by atoms with E-state index in [1.165, 1.54) is 12.1 Å². The number of rotatable bonds is 7. The average Bonchev–Trinajstić information content (AvgIpc) is 2.54. The van der Waals surface area contributed by atoms with Crippen molar-refractivity contribution in [2.45, 2.75) is 19.6 Å². The predicted molar refractivity (Wildman–Crippen MR) is 87.5 cm³/mol. The number of amides is 2. The molecule has 0 saturated carbocycles. The number of urea groups is 1. The minimum Gasteiger partial charge on any atom is -0.380 e. The highest BCUT2D eigenvalue weighted by molar-refractivity contribution is 5.73. The SMILES string of the molecule is COCc1cccc(CNC(=O)NCCc2cccc(F)c2)c1. The summed E-state index contributed by atoms with van der Waals surface area (Å²) in [5, 5.41) is 5.56. The number of hydrogen-bond donors (Lipinski definition) is 2. The maximum atomic E-state index is 13.0. The second kappa shape index (κ2) is 8.90. The lowest BCUT2D eigenvalue weighted by Gasteiger charge is -2.09. The molecule has 23 heavy (non-hydrogen) atoms. The van der Waals surface area contributed by atoms with Crippen LogP contribution in [-0.4, -0.2) is 19.7 Å². The molecule has 0 atom stereocenters. The first-order valence-corrected chi connectivity index (χ1v) is 7.50. The van der Waals surface area contributed by atoms with Crippen LogP contribution < -0.4 is 10.6 Å². The zero-order valence-corrected chi connectivity index (χ0v) is 13.1. The molecule has 2 aromatic carbocycles. The van der Waals surface area contributed by atoms with E-state index in [1.807, 2.05) is 30.3 Å². The van der Waals surface area contributed by atoms with Crippen LogP contribution in [0.25, 0.3) is 0 Å². The van der Waals surface area contributed by atoms with E-state index in [1.54, 1.807) is 13.2 Å². The maximum absolute atomic E-state index is 13.0.